The lowest BCUT2D eigenvalue weighted by molar-refractivity contribution is -0.134. The van der Waals surface area contributed by atoms with E-state index in [1.807, 2.05) is 16.5 Å². The van der Waals surface area contributed by atoms with Crippen molar-refractivity contribution >= 4 is 11.8 Å². The molecule has 0 bridgehead atoms. The van der Waals surface area contributed by atoms with Crippen LogP contribution in [0.15, 0.2) is 24.3 Å². The van der Waals surface area contributed by atoms with E-state index in [1.54, 1.807) is 0 Å². The number of aryl methyl sites for hydroxylation is 2. The van der Waals surface area contributed by atoms with Crippen molar-refractivity contribution in [2.45, 2.75) is 53.0 Å². The van der Waals surface area contributed by atoms with Gasteiger partial charge in [0.15, 0.2) is 0 Å². The summed E-state index contributed by atoms with van der Waals surface area (Å²) >= 11 is 0. The summed E-state index contributed by atoms with van der Waals surface area (Å²) in [4.78, 5) is 25.7. The van der Waals surface area contributed by atoms with Gasteiger partial charge < -0.3 is 10.6 Å². The fraction of sp³-hybridized carbons (Fsp3) is 0.500. The number of hydrogen-bond acceptors (Lipinski definition) is 3. The lowest BCUT2D eigenvalue weighted by atomic mass is 9.96. The molecule has 1 aromatic heterocycles. The molecule has 1 aliphatic rings. The van der Waals surface area contributed by atoms with E-state index >= 15 is 0 Å². The van der Waals surface area contributed by atoms with Crippen molar-refractivity contribution in [3.05, 3.63) is 52.3 Å². The topological polar surface area (TPSA) is 81.2 Å². The molecule has 3 rings (SSSR count). The molecule has 0 radical (unpaired) electrons. The normalized spacial score (nSPS) is 15.0. The van der Waals surface area contributed by atoms with Gasteiger partial charge in [0, 0.05) is 31.1 Å². The fourth-order valence-corrected chi connectivity index (χ4v) is 3.92. The average molecular weight is 383 g/mol. The highest BCUT2D eigenvalue weighted by molar-refractivity contribution is 5.79. The Hall–Kier alpha value is -2.63. The van der Waals surface area contributed by atoms with Crippen molar-refractivity contribution in [1.29, 1.82) is 0 Å². The van der Waals surface area contributed by atoms with Gasteiger partial charge in [-0.25, -0.2) is 0 Å². The monoisotopic (exact) mass is 382 g/mol. The molecule has 0 unspecified atom stereocenters. The minimum atomic E-state index is -0.251. The second kappa shape index (κ2) is 8.59. The quantitative estimate of drug-likeness (QED) is 0.833. The first-order valence-electron chi connectivity index (χ1n) is 10.0. The van der Waals surface area contributed by atoms with E-state index in [0.717, 1.165) is 23.5 Å². The predicted octanol–water partition coefficient (Wildman–Crippen LogP) is 2.51. The van der Waals surface area contributed by atoms with E-state index in [1.165, 1.54) is 11.1 Å². The molecule has 2 N–H and O–H groups in total. The minimum Gasteiger partial charge on any atom is -0.369 e. The molecular formula is C22H30N4O2. The maximum Gasteiger partial charge on any atom is 0.222 e. The van der Waals surface area contributed by atoms with Crippen molar-refractivity contribution in [3.8, 4) is 0 Å². The van der Waals surface area contributed by atoms with Crippen LogP contribution in [-0.2, 0) is 22.6 Å². The van der Waals surface area contributed by atoms with Crippen LogP contribution in [0.1, 0.15) is 47.3 Å². The number of benzene rings is 1. The lowest BCUT2D eigenvalue weighted by Gasteiger charge is -2.30. The van der Waals surface area contributed by atoms with Crippen LogP contribution in [0.5, 0.6) is 0 Å². The zero-order chi connectivity index (χ0) is 20.3. The highest BCUT2D eigenvalue weighted by Crippen LogP contribution is 2.20. The molecule has 2 amide bonds. The Morgan fingerprint density at radius 3 is 2.36 bits per heavy atom. The number of amides is 2. The summed E-state index contributed by atoms with van der Waals surface area (Å²) in [5.74, 6) is -0.194. The number of nitrogens with zero attached hydrogens (tertiary/aromatic N) is 3. The molecule has 0 atom stereocenters. The second-order valence-corrected chi connectivity index (χ2v) is 7.85. The highest BCUT2D eigenvalue weighted by Gasteiger charge is 2.26. The van der Waals surface area contributed by atoms with Gasteiger partial charge in [0.25, 0.3) is 0 Å². The van der Waals surface area contributed by atoms with Crippen LogP contribution in [0.25, 0.3) is 0 Å². The molecule has 1 fully saturated rings. The molecule has 0 spiro atoms. The molecule has 6 heteroatoms. The summed E-state index contributed by atoms with van der Waals surface area (Å²) in [6.45, 7) is 8.15. The minimum absolute atomic E-state index is 0.0893. The van der Waals surface area contributed by atoms with E-state index in [2.05, 4.69) is 43.2 Å². The van der Waals surface area contributed by atoms with Gasteiger partial charge in [-0.05, 0) is 51.2 Å². The van der Waals surface area contributed by atoms with Crippen molar-refractivity contribution in [1.82, 2.24) is 14.7 Å². The Kier molecular flexibility index (Phi) is 6.17. The summed E-state index contributed by atoms with van der Waals surface area (Å²) in [7, 11) is 0. The third-order valence-corrected chi connectivity index (χ3v) is 5.82. The number of rotatable bonds is 6. The zero-order valence-electron chi connectivity index (χ0n) is 17.1. The molecule has 6 nitrogen and oxygen atoms in total. The number of aromatic nitrogens is 2. The molecule has 1 aliphatic heterocycles. The summed E-state index contributed by atoms with van der Waals surface area (Å²) in [5.41, 5.74) is 11.1. The van der Waals surface area contributed by atoms with Crippen molar-refractivity contribution < 1.29 is 9.59 Å². The standard InChI is InChI=1S/C22H30N4O2/c1-15-4-6-18(7-5-15)14-26-17(3)20(16(2)24-26)8-9-21(27)25-12-10-19(11-13-25)22(23)28/h4-7,19H,8-14H2,1-3H3,(H2,23,28). The van der Waals surface area contributed by atoms with Gasteiger partial charge in [0.05, 0.1) is 12.2 Å². The van der Waals surface area contributed by atoms with E-state index in [4.69, 9.17) is 5.73 Å². The Morgan fingerprint density at radius 2 is 1.75 bits per heavy atom. The molecule has 1 saturated heterocycles. The summed E-state index contributed by atoms with van der Waals surface area (Å²) < 4.78 is 2.03. The largest absolute Gasteiger partial charge is 0.369 e. The van der Waals surface area contributed by atoms with Crippen LogP contribution >= 0.6 is 0 Å². The third kappa shape index (κ3) is 4.61. The SMILES string of the molecule is Cc1ccc(Cn2nc(C)c(CCC(=O)N3CCC(C(N)=O)CC3)c2C)cc1. The van der Waals surface area contributed by atoms with Crippen LogP contribution in [0.3, 0.4) is 0 Å². The van der Waals surface area contributed by atoms with E-state index in [0.29, 0.717) is 38.8 Å². The summed E-state index contributed by atoms with van der Waals surface area (Å²) in [5, 5.41) is 4.69. The molecular weight excluding hydrogens is 352 g/mol. The zero-order valence-corrected chi connectivity index (χ0v) is 17.1. The van der Waals surface area contributed by atoms with Crippen LogP contribution in [0.4, 0.5) is 0 Å². The molecule has 150 valence electrons. The van der Waals surface area contributed by atoms with E-state index < -0.39 is 0 Å². The number of carbonyl (C=O) groups is 2. The van der Waals surface area contributed by atoms with Gasteiger partial charge in [-0.2, -0.15) is 5.10 Å². The average Bonchev–Trinajstić information content (AvgIpc) is 2.94. The summed E-state index contributed by atoms with van der Waals surface area (Å²) in [6.07, 6.45) is 2.51. The maximum absolute atomic E-state index is 12.6. The fourth-order valence-electron chi connectivity index (χ4n) is 3.92. The van der Waals surface area contributed by atoms with Crippen molar-refractivity contribution in [2.24, 2.45) is 11.7 Å². The van der Waals surface area contributed by atoms with Gasteiger partial charge >= 0.3 is 0 Å². The summed E-state index contributed by atoms with van der Waals surface area (Å²) in [6, 6.07) is 8.49. The first kappa shape index (κ1) is 20.1. The molecule has 0 aliphatic carbocycles. The van der Waals surface area contributed by atoms with Gasteiger partial charge in [0.2, 0.25) is 11.8 Å². The van der Waals surface area contributed by atoms with Crippen molar-refractivity contribution in [3.63, 3.8) is 0 Å². The predicted molar refractivity (Wildman–Crippen MR) is 109 cm³/mol. The molecule has 1 aromatic carbocycles. The van der Waals surface area contributed by atoms with Crippen molar-refractivity contribution in [2.75, 3.05) is 13.1 Å². The molecule has 28 heavy (non-hydrogen) atoms. The van der Waals surface area contributed by atoms with Gasteiger partial charge in [-0.15, -0.1) is 0 Å². The highest BCUT2D eigenvalue weighted by atomic mass is 16.2. The number of carbonyl (C=O) groups excluding carboxylic acids is 2. The molecule has 0 saturated carbocycles. The van der Waals surface area contributed by atoms with Gasteiger partial charge in [-0.3, -0.25) is 14.3 Å². The Balaban J connectivity index is 1.59. The molecule has 2 heterocycles. The van der Waals surface area contributed by atoms with Crippen LogP contribution < -0.4 is 5.73 Å². The number of hydrogen-bond donors (Lipinski definition) is 1. The molecule has 2 aromatic rings. The van der Waals surface area contributed by atoms with Gasteiger partial charge in [-0.1, -0.05) is 29.8 Å². The number of primary amides is 1. The third-order valence-electron chi connectivity index (χ3n) is 5.82. The van der Waals surface area contributed by atoms with Crippen LogP contribution in [-0.4, -0.2) is 39.6 Å². The number of piperidine rings is 1. The lowest BCUT2D eigenvalue weighted by Crippen LogP contribution is -2.41. The maximum atomic E-state index is 12.6. The first-order valence-corrected chi connectivity index (χ1v) is 10.0. The van der Waals surface area contributed by atoms with Crippen LogP contribution in [0.2, 0.25) is 0 Å². The smallest absolute Gasteiger partial charge is 0.222 e. The Labute approximate surface area is 166 Å². The second-order valence-electron chi connectivity index (χ2n) is 7.85. The first-order chi connectivity index (χ1) is 13.3. The van der Waals surface area contributed by atoms with E-state index in [9.17, 15) is 9.59 Å². The van der Waals surface area contributed by atoms with Crippen LogP contribution in [0, 0.1) is 26.7 Å². The Morgan fingerprint density at radius 1 is 1.11 bits per heavy atom. The Bertz CT molecular complexity index is 846. The van der Waals surface area contributed by atoms with Gasteiger partial charge in [0.1, 0.15) is 0 Å². The number of likely N-dealkylation sites (tertiary alicyclic amines) is 1. The number of nitrogens with two attached hydrogens (primary N) is 1. The van der Waals surface area contributed by atoms with E-state index in [-0.39, 0.29) is 17.7 Å².